The summed E-state index contributed by atoms with van der Waals surface area (Å²) >= 11 is 0. The van der Waals surface area contributed by atoms with Crippen LogP contribution in [0.4, 0.5) is 0 Å². The number of ether oxygens (including phenoxy) is 2. The largest absolute Gasteiger partial charge is 0.379 e. The smallest absolute Gasteiger partial charge is 0.0965 e. The average molecular weight is 205 g/mol. The summed E-state index contributed by atoms with van der Waals surface area (Å²) in [6.07, 6.45) is -0.0926. The zero-order valence-electron chi connectivity index (χ0n) is 9.91. The molecule has 0 aromatic heterocycles. The van der Waals surface area contributed by atoms with Crippen molar-refractivity contribution in [1.29, 1.82) is 0 Å². The summed E-state index contributed by atoms with van der Waals surface area (Å²) < 4.78 is 11.0. The van der Waals surface area contributed by atoms with Gasteiger partial charge in [0.2, 0.25) is 0 Å². The van der Waals surface area contributed by atoms with Crippen LogP contribution in [-0.2, 0) is 9.47 Å². The summed E-state index contributed by atoms with van der Waals surface area (Å²) in [6, 6.07) is 0. The summed E-state index contributed by atoms with van der Waals surface area (Å²) in [5.41, 5.74) is -0.211. The Morgan fingerprint density at radius 2 is 1.93 bits per heavy atom. The van der Waals surface area contributed by atoms with E-state index in [0.717, 1.165) is 5.06 Å². The Bertz CT molecular complexity index is 143. The van der Waals surface area contributed by atoms with Gasteiger partial charge in [-0.15, -0.1) is 0 Å². The Labute approximate surface area is 86.8 Å². The molecular weight excluding hydrogens is 182 g/mol. The molecule has 4 heteroatoms. The van der Waals surface area contributed by atoms with Gasteiger partial charge in [0.1, 0.15) is 0 Å². The van der Waals surface area contributed by atoms with E-state index in [1.807, 2.05) is 27.7 Å². The van der Waals surface area contributed by atoms with E-state index in [2.05, 4.69) is 0 Å². The van der Waals surface area contributed by atoms with E-state index < -0.39 is 0 Å². The molecule has 0 radical (unpaired) electrons. The number of hydroxylamine groups is 2. The second-order valence-corrected chi connectivity index (χ2v) is 4.35. The highest BCUT2D eigenvalue weighted by molar-refractivity contribution is 4.67. The minimum Gasteiger partial charge on any atom is -0.379 e. The van der Waals surface area contributed by atoms with Crippen molar-refractivity contribution in [1.82, 2.24) is 5.06 Å². The van der Waals surface area contributed by atoms with Gasteiger partial charge in [-0.05, 0) is 27.7 Å². The Balaban J connectivity index is 3.97. The van der Waals surface area contributed by atoms with Crippen LogP contribution in [0.5, 0.6) is 0 Å². The van der Waals surface area contributed by atoms with Crippen LogP contribution < -0.4 is 0 Å². The van der Waals surface area contributed by atoms with Gasteiger partial charge in [0, 0.05) is 13.7 Å². The first-order chi connectivity index (χ1) is 6.35. The molecule has 86 valence electrons. The Hall–Kier alpha value is -0.160. The molecule has 0 aromatic carbocycles. The fraction of sp³-hybridized carbons (Fsp3) is 1.00. The minimum absolute atomic E-state index is 0.0926. The van der Waals surface area contributed by atoms with E-state index in [4.69, 9.17) is 14.7 Å². The fourth-order valence-electron chi connectivity index (χ4n) is 1.17. The lowest BCUT2D eigenvalue weighted by Crippen LogP contribution is -2.38. The SMILES string of the molecule is CCOCC(CN(C)O)OC(C)(C)C. The molecule has 0 fully saturated rings. The van der Waals surface area contributed by atoms with Crippen molar-refractivity contribution in [3.8, 4) is 0 Å². The van der Waals surface area contributed by atoms with Crippen molar-refractivity contribution in [2.45, 2.75) is 39.4 Å². The van der Waals surface area contributed by atoms with E-state index in [1.165, 1.54) is 0 Å². The summed E-state index contributed by atoms with van der Waals surface area (Å²) in [7, 11) is 1.60. The normalized spacial score (nSPS) is 14.8. The predicted octanol–water partition coefficient (Wildman–Crippen LogP) is 1.53. The molecule has 0 aliphatic carbocycles. The van der Waals surface area contributed by atoms with Crippen LogP contribution in [0.3, 0.4) is 0 Å². The van der Waals surface area contributed by atoms with E-state index >= 15 is 0 Å². The van der Waals surface area contributed by atoms with E-state index in [0.29, 0.717) is 19.8 Å². The quantitative estimate of drug-likeness (QED) is 0.668. The molecule has 1 N–H and O–H groups in total. The van der Waals surface area contributed by atoms with Crippen molar-refractivity contribution in [3.63, 3.8) is 0 Å². The summed E-state index contributed by atoms with van der Waals surface area (Å²) in [4.78, 5) is 0. The predicted molar refractivity (Wildman–Crippen MR) is 55.5 cm³/mol. The molecule has 4 nitrogen and oxygen atoms in total. The molecule has 1 atom stereocenters. The van der Waals surface area contributed by atoms with Crippen LogP contribution in [0.2, 0.25) is 0 Å². The van der Waals surface area contributed by atoms with Gasteiger partial charge >= 0.3 is 0 Å². The molecule has 0 aliphatic heterocycles. The lowest BCUT2D eigenvalue weighted by Gasteiger charge is -2.28. The van der Waals surface area contributed by atoms with Gasteiger partial charge in [-0.25, -0.2) is 0 Å². The van der Waals surface area contributed by atoms with Crippen molar-refractivity contribution in [3.05, 3.63) is 0 Å². The molecule has 0 aromatic rings. The van der Waals surface area contributed by atoms with Crippen LogP contribution >= 0.6 is 0 Å². The topological polar surface area (TPSA) is 41.9 Å². The molecule has 0 spiro atoms. The highest BCUT2D eigenvalue weighted by Crippen LogP contribution is 2.11. The van der Waals surface area contributed by atoms with Gasteiger partial charge in [-0.2, -0.15) is 5.06 Å². The molecule has 1 unspecified atom stereocenters. The van der Waals surface area contributed by atoms with E-state index in [-0.39, 0.29) is 11.7 Å². The number of hydrogen-bond acceptors (Lipinski definition) is 4. The number of nitrogens with zero attached hydrogens (tertiary/aromatic N) is 1. The first kappa shape index (κ1) is 13.8. The number of hydrogen-bond donors (Lipinski definition) is 1. The van der Waals surface area contributed by atoms with Crippen molar-refractivity contribution >= 4 is 0 Å². The third-order valence-electron chi connectivity index (χ3n) is 1.50. The van der Waals surface area contributed by atoms with Gasteiger partial charge in [0.05, 0.1) is 24.9 Å². The van der Waals surface area contributed by atoms with Gasteiger partial charge in [-0.3, -0.25) is 0 Å². The van der Waals surface area contributed by atoms with Gasteiger partial charge in [0.15, 0.2) is 0 Å². The number of likely N-dealkylation sites (N-methyl/N-ethyl adjacent to an activating group) is 1. The third-order valence-corrected chi connectivity index (χ3v) is 1.50. The second kappa shape index (κ2) is 6.35. The second-order valence-electron chi connectivity index (χ2n) is 4.35. The molecule has 0 rings (SSSR count). The first-order valence-corrected chi connectivity index (χ1v) is 5.00. The molecule has 0 saturated carbocycles. The first-order valence-electron chi connectivity index (χ1n) is 5.00. The van der Waals surface area contributed by atoms with Gasteiger partial charge in [0.25, 0.3) is 0 Å². The maximum atomic E-state index is 9.12. The lowest BCUT2D eigenvalue weighted by molar-refractivity contribution is -0.148. The molecular formula is C10H23NO3. The molecule has 0 aliphatic rings. The van der Waals surface area contributed by atoms with Crippen LogP contribution in [0.25, 0.3) is 0 Å². The van der Waals surface area contributed by atoms with Crippen molar-refractivity contribution in [2.75, 3.05) is 26.8 Å². The van der Waals surface area contributed by atoms with Crippen molar-refractivity contribution < 1.29 is 14.7 Å². The van der Waals surface area contributed by atoms with Crippen LogP contribution in [0.15, 0.2) is 0 Å². The van der Waals surface area contributed by atoms with Gasteiger partial charge < -0.3 is 14.7 Å². The Kier molecular flexibility index (Phi) is 6.27. The molecule has 14 heavy (non-hydrogen) atoms. The maximum absolute atomic E-state index is 9.12. The molecule has 0 saturated heterocycles. The monoisotopic (exact) mass is 205 g/mol. The number of rotatable bonds is 6. The lowest BCUT2D eigenvalue weighted by atomic mass is 10.2. The maximum Gasteiger partial charge on any atom is 0.0965 e. The zero-order valence-corrected chi connectivity index (χ0v) is 9.91. The van der Waals surface area contributed by atoms with Gasteiger partial charge in [-0.1, -0.05) is 0 Å². The minimum atomic E-state index is -0.211. The molecule has 0 heterocycles. The highest BCUT2D eigenvalue weighted by Gasteiger charge is 2.19. The summed E-state index contributed by atoms with van der Waals surface area (Å²) in [5.74, 6) is 0. The van der Waals surface area contributed by atoms with E-state index in [9.17, 15) is 0 Å². The molecule has 0 bridgehead atoms. The third kappa shape index (κ3) is 8.44. The van der Waals surface area contributed by atoms with Crippen LogP contribution in [0.1, 0.15) is 27.7 Å². The van der Waals surface area contributed by atoms with E-state index in [1.54, 1.807) is 7.05 Å². The fourth-order valence-corrected chi connectivity index (χ4v) is 1.17. The summed E-state index contributed by atoms with van der Waals surface area (Å²) in [6.45, 7) is 9.54. The average Bonchev–Trinajstić information content (AvgIpc) is 1.96. The summed E-state index contributed by atoms with van der Waals surface area (Å²) in [5, 5.41) is 10.2. The highest BCUT2D eigenvalue weighted by atomic mass is 16.6. The Morgan fingerprint density at radius 1 is 1.36 bits per heavy atom. The standard InChI is InChI=1S/C10H23NO3/c1-6-13-8-9(7-11(5)12)14-10(2,3)4/h9,12H,6-8H2,1-5H3. The zero-order chi connectivity index (χ0) is 11.2. The Morgan fingerprint density at radius 3 is 2.29 bits per heavy atom. The van der Waals surface area contributed by atoms with Crippen LogP contribution in [0, 0.1) is 0 Å². The van der Waals surface area contributed by atoms with Crippen molar-refractivity contribution in [2.24, 2.45) is 0 Å². The molecule has 0 amide bonds. The van der Waals surface area contributed by atoms with Crippen LogP contribution in [-0.4, -0.2) is 48.8 Å².